The van der Waals surface area contributed by atoms with Crippen LogP contribution in [0.15, 0.2) is 59.7 Å². The van der Waals surface area contributed by atoms with Gasteiger partial charge in [-0.25, -0.2) is 0 Å². The Morgan fingerprint density at radius 1 is 0.952 bits per heavy atom. The molecule has 1 aliphatic rings. The van der Waals surface area contributed by atoms with Crippen molar-refractivity contribution in [2.45, 2.75) is 0 Å². The summed E-state index contributed by atoms with van der Waals surface area (Å²) in [4.78, 5) is 0. The van der Waals surface area contributed by atoms with Gasteiger partial charge >= 0.3 is 0 Å². The molecule has 1 saturated heterocycles. The van der Waals surface area contributed by atoms with Gasteiger partial charge in [0.25, 0.3) is 0 Å². The van der Waals surface area contributed by atoms with Gasteiger partial charge in [0.2, 0.25) is 0 Å². The Labute approximate surface area is 124 Å². The van der Waals surface area contributed by atoms with Crippen LogP contribution in [0.5, 0.6) is 11.5 Å². The van der Waals surface area contributed by atoms with E-state index in [9.17, 15) is 0 Å². The number of benzene rings is 2. The molecule has 2 aromatic carbocycles. The van der Waals surface area contributed by atoms with Crippen LogP contribution in [0, 0.1) is 0 Å². The van der Waals surface area contributed by atoms with Crippen molar-refractivity contribution in [3.05, 3.63) is 60.2 Å². The molecule has 1 aliphatic heterocycles. The second-order valence-electron chi connectivity index (χ2n) is 4.80. The van der Waals surface area contributed by atoms with E-state index in [1.807, 2.05) is 65.8 Å². The van der Waals surface area contributed by atoms with E-state index in [4.69, 9.17) is 9.47 Å². The van der Waals surface area contributed by atoms with Gasteiger partial charge in [-0.1, -0.05) is 30.3 Å². The van der Waals surface area contributed by atoms with Crippen molar-refractivity contribution in [1.82, 2.24) is 5.01 Å². The smallest absolute Gasteiger partial charge is 0.128 e. The molecule has 2 aromatic rings. The molecule has 1 fully saturated rings. The molecule has 0 atom stereocenters. The summed E-state index contributed by atoms with van der Waals surface area (Å²) >= 11 is 0. The summed E-state index contributed by atoms with van der Waals surface area (Å²) in [5, 5.41) is 6.50. The van der Waals surface area contributed by atoms with Crippen LogP contribution in [0.2, 0.25) is 0 Å². The van der Waals surface area contributed by atoms with E-state index >= 15 is 0 Å². The molecule has 0 radical (unpaired) electrons. The van der Waals surface area contributed by atoms with Crippen molar-refractivity contribution in [2.24, 2.45) is 5.10 Å². The molecule has 0 saturated carbocycles. The molecule has 0 aromatic heterocycles. The van der Waals surface area contributed by atoms with E-state index in [0.717, 1.165) is 43.4 Å². The predicted octanol–water partition coefficient (Wildman–Crippen LogP) is 3.15. The van der Waals surface area contributed by atoms with E-state index in [0.29, 0.717) is 0 Å². The fraction of sp³-hybridized carbons (Fsp3) is 0.235. The summed E-state index contributed by atoms with van der Waals surface area (Å²) < 4.78 is 11.1. The molecule has 4 heteroatoms. The van der Waals surface area contributed by atoms with Crippen LogP contribution in [-0.2, 0) is 4.74 Å². The highest BCUT2D eigenvalue weighted by atomic mass is 16.5. The molecule has 0 amide bonds. The third-order valence-electron chi connectivity index (χ3n) is 3.19. The first-order chi connectivity index (χ1) is 10.4. The van der Waals surface area contributed by atoms with Gasteiger partial charge in [0.1, 0.15) is 11.5 Å². The van der Waals surface area contributed by atoms with Gasteiger partial charge in [-0.05, 0) is 29.8 Å². The number of para-hydroxylation sites is 1. The van der Waals surface area contributed by atoms with Crippen LogP contribution in [0.3, 0.4) is 0 Å². The Morgan fingerprint density at radius 3 is 2.52 bits per heavy atom. The first-order valence-electron chi connectivity index (χ1n) is 7.10. The van der Waals surface area contributed by atoms with Crippen LogP contribution < -0.4 is 4.74 Å². The van der Waals surface area contributed by atoms with Crippen molar-refractivity contribution in [3.63, 3.8) is 0 Å². The SMILES string of the molecule is C(=N\N1CCOCC1)/c1cccc(Oc2ccccc2)c1. The van der Waals surface area contributed by atoms with Gasteiger partial charge in [-0.15, -0.1) is 0 Å². The van der Waals surface area contributed by atoms with E-state index in [-0.39, 0.29) is 0 Å². The lowest BCUT2D eigenvalue weighted by Crippen LogP contribution is -2.32. The number of nitrogens with zero attached hydrogens (tertiary/aromatic N) is 2. The predicted molar refractivity (Wildman–Crippen MR) is 82.9 cm³/mol. The highest BCUT2D eigenvalue weighted by Gasteiger charge is 2.06. The summed E-state index contributed by atoms with van der Waals surface area (Å²) in [6.07, 6.45) is 1.86. The van der Waals surface area contributed by atoms with Gasteiger partial charge in [0, 0.05) is 0 Å². The second kappa shape index (κ2) is 6.90. The molecular formula is C17H18N2O2. The number of hydrogen-bond acceptors (Lipinski definition) is 4. The highest BCUT2D eigenvalue weighted by Crippen LogP contribution is 2.21. The zero-order chi connectivity index (χ0) is 14.3. The van der Waals surface area contributed by atoms with Gasteiger partial charge in [0.15, 0.2) is 0 Å². The lowest BCUT2D eigenvalue weighted by Gasteiger charge is -2.23. The van der Waals surface area contributed by atoms with Crippen LogP contribution in [0.25, 0.3) is 0 Å². The molecule has 3 rings (SSSR count). The molecule has 0 spiro atoms. The molecule has 1 heterocycles. The zero-order valence-corrected chi connectivity index (χ0v) is 11.8. The Hall–Kier alpha value is -2.33. The lowest BCUT2D eigenvalue weighted by molar-refractivity contribution is 0.0397. The van der Waals surface area contributed by atoms with Gasteiger partial charge in [-0.2, -0.15) is 5.10 Å². The zero-order valence-electron chi connectivity index (χ0n) is 11.8. The Kier molecular flexibility index (Phi) is 4.49. The topological polar surface area (TPSA) is 34.1 Å². The maximum absolute atomic E-state index is 5.82. The second-order valence-corrected chi connectivity index (χ2v) is 4.80. The third kappa shape index (κ3) is 4.07. The number of morpholine rings is 1. The van der Waals surface area contributed by atoms with Gasteiger partial charge in [-0.3, -0.25) is 5.01 Å². The molecule has 0 unspecified atom stereocenters. The van der Waals surface area contributed by atoms with Crippen molar-refractivity contribution >= 4 is 6.21 Å². The average Bonchev–Trinajstić information content (AvgIpc) is 2.55. The minimum atomic E-state index is 0.745. The van der Waals surface area contributed by atoms with Crippen LogP contribution in [0.1, 0.15) is 5.56 Å². The molecule has 108 valence electrons. The molecule has 0 bridgehead atoms. The van der Waals surface area contributed by atoms with Crippen LogP contribution >= 0.6 is 0 Å². The number of rotatable bonds is 4. The summed E-state index contributed by atoms with van der Waals surface area (Å²) in [5.74, 6) is 1.65. The Balaban J connectivity index is 1.66. The number of hydrogen-bond donors (Lipinski definition) is 0. The fourth-order valence-electron chi connectivity index (χ4n) is 2.10. The van der Waals surface area contributed by atoms with E-state index < -0.39 is 0 Å². The van der Waals surface area contributed by atoms with Crippen LogP contribution in [0.4, 0.5) is 0 Å². The van der Waals surface area contributed by atoms with Crippen molar-refractivity contribution in [2.75, 3.05) is 26.3 Å². The minimum absolute atomic E-state index is 0.745. The van der Waals surface area contributed by atoms with Gasteiger partial charge < -0.3 is 9.47 Å². The Morgan fingerprint density at radius 2 is 1.71 bits per heavy atom. The summed E-state index contributed by atoms with van der Waals surface area (Å²) in [7, 11) is 0. The third-order valence-corrected chi connectivity index (χ3v) is 3.19. The van der Waals surface area contributed by atoms with E-state index in [1.54, 1.807) is 0 Å². The summed E-state index contributed by atoms with van der Waals surface area (Å²) in [6.45, 7) is 3.18. The first-order valence-corrected chi connectivity index (χ1v) is 7.10. The fourth-order valence-corrected chi connectivity index (χ4v) is 2.10. The monoisotopic (exact) mass is 282 g/mol. The maximum Gasteiger partial charge on any atom is 0.128 e. The van der Waals surface area contributed by atoms with Crippen molar-refractivity contribution in [1.29, 1.82) is 0 Å². The van der Waals surface area contributed by atoms with Crippen LogP contribution in [-0.4, -0.2) is 37.5 Å². The largest absolute Gasteiger partial charge is 0.457 e. The number of hydrazone groups is 1. The highest BCUT2D eigenvalue weighted by molar-refractivity contribution is 5.80. The van der Waals surface area contributed by atoms with Crippen molar-refractivity contribution in [3.8, 4) is 11.5 Å². The molecule has 21 heavy (non-hydrogen) atoms. The standard InChI is InChI=1S/C17H18N2O2/c1-2-6-16(7-3-1)21-17-8-4-5-15(13-17)14-18-19-9-11-20-12-10-19/h1-8,13-14H,9-12H2/b18-14+. The molecular weight excluding hydrogens is 264 g/mol. The minimum Gasteiger partial charge on any atom is -0.457 e. The number of ether oxygens (including phenoxy) is 2. The average molecular weight is 282 g/mol. The van der Waals surface area contributed by atoms with E-state index in [2.05, 4.69) is 5.10 Å². The summed E-state index contributed by atoms with van der Waals surface area (Å²) in [6, 6.07) is 17.7. The summed E-state index contributed by atoms with van der Waals surface area (Å²) in [5.41, 5.74) is 1.02. The first kappa shape index (κ1) is 13.6. The molecule has 0 aliphatic carbocycles. The maximum atomic E-state index is 5.82. The normalized spacial score (nSPS) is 15.3. The van der Waals surface area contributed by atoms with Gasteiger partial charge in [0.05, 0.1) is 32.5 Å². The van der Waals surface area contributed by atoms with E-state index in [1.165, 1.54) is 0 Å². The lowest BCUT2D eigenvalue weighted by atomic mass is 10.2. The quantitative estimate of drug-likeness (QED) is 0.808. The Bertz CT molecular complexity index is 593. The van der Waals surface area contributed by atoms with Crippen molar-refractivity contribution < 1.29 is 9.47 Å². The molecule has 0 N–H and O–H groups in total. The molecule has 4 nitrogen and oxygen atoms in total.